The first-order valence-electron chi connectivity index (χ1n) is 12.6. The van der Waals surface area contributed by atoms with E-state index in [1.54, 1.807) is 30.5 Å². The van der Waals surface area contributed by atoms with Crippen LogP contribution in [0.4, 0.5) is 0 Å². The number of rotatable bonds is 10. The van der Waals surface area contributed by atoms with E-state index < -0.39 is 11.9 Å². The fraction of sp³-hybridized carbons (Fsp3) is 0.300. The molecule has 0 aliphatic heterocycles. The molecule has 0 fully saturated rings. The van der Waals surface area contributed by atoms with Gasteiger partial charge >= 0.3 is 0 Å². The molecule has 1 atom stereocenters. The van der Waals surface area contributed by atoms with Gasteiger partial charge in [-0.3, -0.25) is 9.78 Å². The molecule has 1 amide bonds. The predicted octanol–water partition coefficient (Wildman–Crippen LogP) is 4.56. The number of aromatic nitrogens is 3. The highest BCUT2D eigenvalue weighted by molar-refractivity contribution is 5.80. The second-order valence-corrected chi connectivity index (χ2v) is 10.3. The highest BCUT2D eigenvalue weighted by Crippen LogP contribution is 2.28. The molecule has 7 nitrogen and oxygen atoms in total. The molecule has 0 aliphatic carbocycles. The van der Waals surface area contributed by atoms with Crippen molar-refractivity contribution < 1.29 is 9.90 Å². The van der Waals surface area contributed by atoms with E-state index in [9.17, 15) is 9.90 Å². The maximum Gasteiger partial charge on any atom is 0.234 e. The van der Waals surface area contributed by atoms with Gasteiger partial charge in [0.1, 0.15) is 5.75 Å². The van der Waals surface area contributed by atoms with Crippen molar-refractivity contribution >= 4 is 5.91 Å². The molecule has 2 aromatic heterocycles. The van der Waals surface area contributed by atoms with Gasteiger partial charge in [0.25, 0.3) is 0 Å². The van der Waals surface area contributed by atoms with Crippen molar-refractivity contribution in [3.05, 3.63) is 95.9 Å². The van der Waals surface area contributed by atoms with Crippen LogP contribution in [0.3, 0.4) is 0 Å². The van der Waals surface area contributed by atoms with Crippen LogP contribution in [-0.4, -0.2) is 38.4 Å². The lowest BCUT2D eigenvalue weighted by Crippen LogP contribution is -2.43. The normalized spacial score (nSPS) is 12.4. The number of hydrogen-bond acceptors (Lipinski definition) is 5. The molecule has 4 rings (SSSR count). The first kappa shape index (κ1) is 26.1. The maximum atomic E-state index is 12.0. The average molecular weight is 498 g/mol. The monoisotopic (exact) mass is 497 g/mol. The number of hydrogen-bond donors (Lipinski definition) is 3. The summed E-state index contributed by atoms with van der Waals surface area (Å²) in [5, 5.41) is 17.3. The maximum absolute atomic E-state index is 12.0. The zero-order chi connectivity index (χ0) is 26.4. The van der Waals surface area contributed by atoms with Gasteiger partial charge in [0.2, 0.25) is 5.91 Å². The van der Waals surface area contributed by atoms with Crippen molar-refractivity contribution in [1.29, 1.82) is 0 Å². The van der Waals surface area contributed by atoms with Crippen LogP contribution >= 0.6 is 0 Å². The van der Waals surface area contributed by atoms with Crippen molar-refractivity contribution in [2.75, 3.05) is 6.54 Å². The summed E-state index contributed by atoms with van der Waals surface area (Å²) in [4.78, 5) is 16.7. The fourth-order valence-corrected chi connectivity index (χ4v) is 4.34. The summed E-state index contributed by atoms with van der Waals surface area (Å²) >= 11 is 0. The minimum absolute atomic E-state index is 0.0895. The van der Waals surface area contributed by atoms with Crippen molar-refractivity contribution in [3.63, 3.8) is 0 Å². The molecule has 0 radical (unpaired) electrons. The summed E-state index contributed by atoms with van der Waals surface area (Å²) in [7, 11) is 0. The van der Waals surface area contributed by atoms with E-state index in [0.717, 1.165) is 41.0 Å². The number of aromatic hydroxyl groups is 1. The van der Waals surface area contributed by atoms with E-state index in [0.29, 0.717) is 13.0 Å². The van der Waals surface area contributed by atoms with Gasteiger partial charge < -0.3 is 16.2 Å². The summed E-state index contributed by atoms with van der Waals surface area (Å²) in [6.07, 6.45) is 5.66. The quantitative estimate of drug-likeness (QED) is 0.279. The van der Waals surface area contributed by atoms with Crippen LogP contribution < -0.4 is 11.1 Å². The first-order valence-corrected chi connectivity index (χ1v) is 12.6. The van der Waals surface area contributed by atoms with Crippen LogP contribution in [0.2, 0.25) is 0 Å². The summed E-state index contributed by atoms with van der Waals surface area (Å²) in [5.74, 6) is -0.196. The lowest BCUT2D eigenvalue weighted by Gasteiger charge is -2.19. The number of carbonyl (C=O) groups is 1. The second-order valence-electron chi connectivity index (χ2n) is 10.3. The zero-order valence-electron chi connectivity index (χ0n) is 21.7. The number of nitrogens with zero attached hydrogens (tertiary/aromatic N) is 3. The van der Waals surface area contributed by atoms with Gasteiger partial charge in [0, 0.05) is 23.7 Å². The van der Waals surface area contributed by atoms with Crippen molar-refractivity contribution in [1.82, 2.24) is 20.1 Å². The molecule has 0 spiro atoms. The van der Waals surface area contributed by atoms with Crippen LogP contribution in [0, 0.1) is 0 Å². The largest absolute Gasteiger partial charge is 0.508 e. The topological polar surface area (TPSA) is 106 Å². The number of pyridine rings is 1. The van der Waals surface area contributed by atoms with Crippen LogP contribution in [-0.2, 0) is 23.1 Å². The molecule has 4 aromatic rings. The molecule has 0 saturated heterocycles. The highest BCUT2D eigenvalue weighted by Gasteiger charge is 2.17. The van der Waals surface area contributed by atoms with Gasteiger partial charge in [-0.2, -0.15) is 5.10 Å². The van der Waals surface area contributed by atoms with Gasteiger partial charge in [0.15, 0.2) is 0 Å². The van der Waals surface area contributed by atoms with E-state index >= 15 is 0 Å². The molecular weight excluding hydrogens is 462 g/mol. The summed E-state index contributed by atoms with van der Waals surface area (Å²) in [6, 6.07) is 20.9. The number of nitrogens with one attached hydrogen (secondary N) is 1. The Morgan fingerprint density at radius 2 is 1.76 bits per heavy atom. The number of amides is 1. The van der Waals surface area contributed by atoms with E-state index in [1.807, 2.05) is 29.1 Å². The Labute approximate surface area is 218 Å². The van der Waals surface area contributed by atoms with E-state index in [4.69, 9.17) is 5.73 Å². The SMILES string of the molecule is CC(C)(C)c1ccc(-c2ncccc2-n2nccc2CCCN[C@@H](Cc2ccc(O)cc2)C(N)=O)cc1. The lowest BCUT2D eigenvalue weighted by atomic mass is 9.86. The smallest absolute Gasteiger partial charge is 0.234 e. The van der Waals surface area contributed by atoms with Gasteiger partial charge in [0.05, 0.1) is 17.4 Å². The summed E-state index contributed by atoms with van der Waals surface area (Å²) < 4.78 is 1.95. The Hall–Kier alpha value is -3.97. The number of phenolic OH excluding ortho intramolecular Hbond substituents is 1. The number of carbonyl (C=O) groups excluding carboxylic acids is 1. The predicted molar refractivity (Wildman–Crippen MR) is 147 cm³/mol. The van der Waals surface area contributed by atoms with Gasteiger partial charge in [-0.25, -0.2) is 4.68 Å². The molecule has 0 aliphatic rings. The third-order valence-corrected chi connectivity index (χ3v) is 6.48. The Bertz CT molecular complexity index is 1320. The minimum atomic E-state index is -0.476. The van der Waals surface area contributed by atoms with Gasteiger partial charge in [-0.1, -0.05) is 57.2 Å². The number of aryl methyl sites for hydroxylation is 1. The van der Waals surface area contributed by atoms with Gasteiger partial charge in [-0.05, 0) is 72.7 Å². The van der Waals surface area contributed by atoms with Crippen LogP contribution in [0.25, 0.3) is 16.9 Å². The van der Waals surface area contributed by atoms with E-state index in [1.165, 1.54) is 5.56 Å². The molecule has 0 saturated carbocycles. The Morgan fingerprint density at radius 3 is 2.43 bits per heavy atom. The molecule has 37 heavy (non-hydrogen) atoms. The zero-order valence-corrected chi connectivity index (χ0v) is 21.7. The standard InChI is InChI=1S/C30H35N5O2/c1-30(2,3)23-12-10-22(11-13-23)28-27(7-5-18-33-28)35-24(16-19-34-35)6-4-17-32-26(29(31)37)20-21-8-14-25(36)15-9-21/h5,7-16,18-19,26,32,36H,4,6,17,20H2,1-3H3,(H2,31,37)/t26-/m0/s1. The van der Waals surface area contributed by atoms with E-state index in [2.05, 4.69) is 60.4 Å². The number of nitrogens with two attached hydrogens (primary N) is 1. The second kappa shape index (κ2) is 11.4. The lowest BCUT2D eigenvalue weighted by molar-refractivity contribution is -0.120. The summed E-state index contributed by atoms with van der Waals surface area (Å²) in [6.45, 7) is 7.25. The molecule has 7 heteroatoms. The number of phenols is 1. The third kappa shape index (κ3) is 6.62. The molecule has 2 aromatic carbocycles. The van der Waals surface area contributed by atoms with Gasteiger partial charge in [-0.15, -0.1) is 0 Å². The van der Waals surface area contributed by atoms with Crippen molar-refractivity contribution in [3.8, 4) is 22.7 Å². The molecule has 2 heterocycles. The van der Waals surface area contributed by atoms with E-state index in [-0.39, 0.29) is 11.2 Å². The molecule has 4 N–H and O–H groups in total. The fourth-order valence-electron chi connectivity index (χ4n) is 4.34. The average Bonchev–Trinajstić information content (AvgIpc) is 3.35. The third-order valence-electron chi connectivity index (χ3n) is 6.48. The minimum Gasteiger partial charge on any atom is -0.508 e. The first-order chi connectivity index (χ1) is 17.7. The molecule has 0 bridgehead atoms. The van der Waals surface area contributed by atoms with Crippen molar-refractivity contribution in [2.45, 2.75) is 51.5 Å². The Kier molecular flexibility index (Phi) is 8.04. The number of primary amides is 1. The molecule has 0 unspecified atom stereocenters. The Morgan fingerprint density at radius 1 is 1.03 bits per heavy atom. The summed E-state index contributed by atoms with van der Waals surface area (Å²) in [5.41, 5.74) is 11.9. The highest BCUT2D eigenvalue weighted by atomic mass is 16.3. The molecular formula is C30H35N5O2. The molecule has 192 valence electrons. The Balaban J connectivity index is 1.43. The van der Waals surface area contributed by atoms with Crippen molar-refractivity contribution in [2.24, 2.45) is 5.73 Å². The van der Waals surface area contributed by atoms with Crippen LogP contribution in [0.15, 0.2) is 79.1 Å². The van der Waals surface area contributed by atoms with Crippen LogP contribution in [0.1, 0.15) is 44.0 Å². The van der Waals surface area contributed by atoms with Crippen LogP contribution in [0.5, 0.6) is 5.75 Å². The number of benzene rings is 2.